The first-order valence-corrected chi connectivity index (χ1v) is 10.3. The lowest BCUT2D eigenvalue weighted by Gasteiger charge is -2.15. The van der Waals surface area contributed by atoms with E-state index in [0.29, 0.717) is 24.1 Å². The molecule has 8 nitrogen and oxygen atoms in total. The van der Waals surface area contributed by atoms with Crippen molar-refractivity contribution in [3.63, 3.8) is 0 Å². The number of hydrogen-bond donors (Lipinski definition) is 1. The van der Waals surface area contributed by atoms with E-state index in [1.54, 1.807) is 24.3 Å². The fourth-order valence-electron chi connectivity index (χ4n) is 3.76. The van der Waals surface area contributed by atoms with Gasteiger partial charge < -0.3 is 14.8 Å². The molecule has 1 aromatic heterocycles. The summed E-state index contributed by atoms with van der Waals surface area (Å²) in [5, 5.41) is 2.81. The van der Waals surface area contributed by atoms with E-state index < -0.39 is 11.8 Å². The third-order valence-corrected chi connectivity index (χ3v) is 5.36. The lowest BCUT2D eigenvalue weighted by molar-refractivity contribution is -0.121. The molecule has 0 radical (unpaired) electrons. The SMILES string of the molecule is CN(C)CCn1c(CCNC(=O)CN2C(=O)c3ccccc3C2=O)nc2ccccc21. The molecule has 0 bridgehead atoms. The predicted octanol–water partition coefficient (Wildman–Crippen LogP) is 1.55. The highest BCUT2D eigenvalue weighted by Gasteiger charge is 2.36. The average Bonchev–Trinajstić information content (AvgIpc) is 3.23. The topological polar surface area (TPSA) is 87.5 Å². The van der Waals surface area contributed by atoms with Gasteiger partial charge in [0.2, 0.25) is 5.91 Å². The molecule has 4 rings (SSSR count). The van der Waals surface area contributed by atoms with Crippen molar-refractivity contribution >= 4 is 28.8 Å². The Morgan fingerprint density at radius 1 is 1.00 bits per heavy atom. The third-order valence-electron chi connectivity index (χ3n) is 5.36. The van der Waals surface area contributed by atoms with Crippen LogP contribution >= 0.6 is 0 Å². The smallest absolute Gasteiger partial charge is 0.262 e. The summed E-state index contributed by atoms with van der Waals surface area (Å²) >= 11 is 0. The molecule has 0 saturated carbocycles. The molecular weight excluding hydrogens is 394 g/mol. The quantitative estimate of drug-likeness (QED) is 0.560. The van der Waals surface area contributed by atoms with Gasteiger partial charge in [0, 0.05) is 26.1 Å². The number of carbonyl (C=O) groups excluding carboxylic acids is 3. The highest BCUT2D eigenvalue weighted by Crippen LogP contribution is 2.22. The van der Waals surface area contributed by atoms with Crippen molar-refractivity contribution in [2.24, 2.45) is 0 Å². The van der Waals surface area contributed by atoms with Gasteiger partial charge >= 0.3 is 0 Å². The molecule has 0 fully saturated rings. The first-order chi connectivity index (χ1) is 15.0. The second kappa shape index (κ2) is 8.69. The van der Waals surface area contributed by atoms with Gasteiger partial charge in [-0.25, -0.2) is 4.98 Å². The van der Waals surface area contributed by atoms with E-state index in [-0.39, 0.29) is 12.5 Å². The molecule has 0 aliphatic carbocycles. The van der Waals surface area contributed by atoms with Gasteiger partial charge in [0.1, 0.15) is 12.4 Å². The third kappa shape index (κ3) is 4.20. The highest BCUT2D eigenvalue weighted by atomic mass is 16.2. The van der Waals surface area contributed by atoms with Gasteiger partial charge in [-0.2, -0.15) is 0 Å². The van der Waals surface area contributed by atoms with Crippen LogP contribution in [0.2, 0.25) is 0 Å². The second-order valence-corrected chi connectivity index (χ2v) is 7.81. The summed E-state index contributed by atoms with van der Waals surface area (Å²) < 4.78 is 2.17. The van der Waals surface area contributed by atoms with E-state index in [1.807, 2.05) is 38.4 Å². The van der Waals surface area contributed by atoms with E-state index >= 15 is 0 Å². The van der Waals surface area contributed by atoms with E-state index in [4.69, 9.17) is 4.98 Å². The van der Waals surface area contributed by atoms with E-state index in [9.17, 15) is 14.4 Å². The molecule has 3 aromatic rings. The molecule has 0 saturated heterocycles. The van der Waals surface area contributed by atoms with Crippen LogP contribution in [0.25, 0.3) is 11.0 Å². The molecule has 0 atom stereocenters. The Kier molecular flexibility index (Phi) is 5.81. The van der Waals surface area contributed by atoms with E-state index in [0.717, 1.165) is 34.8 Å². The summed E-state index contributed by atoms with van der Waals surface area (Å²) in [5.74, 6) is -0.336. The maximum atomic E-state index is 12.4. The molecule has 0 spiro atoms. The number of likely N-dealkylation sites (N-methyl/N-ethyl adjacent to an activating group) is 1. The molecule has 2 aromatic carbocycles. The number of imide groups is 1. The summed E-state index contributed by atoms with van der Waals surface area (Å²) in [5.41, 5.74) is 2.68. The molecule has 1 N–H and O–H groups in total. The van der Waals surface area contributed by atoms with Crippen LogP contribution in [0, 0.1) is 0 Å². The highest BCUT2D eigenvalue weighted by molar-refractivity contribution is 6.22. The lowest BCUT2D eigenvalue weighted by Crippen LogP contribution is -2.41. The molecular formula is C23H25N5O3. The van der Waals surface area contributed by atoms with Gasteiger partial charge in [-0.15, -0.1) is 0 Å². The molecule has 31 heavy (non-hydrogen) atoms. The number of nitrogens with zero attached hydrogens (tertiary/aromatic N) is 4. The van der Waals surface area contributed by atoms with Crippen molar-refractivity contribution in [1.29, 1.82) is 0 Å². The number of aromatic nitrogens is 2. The Morgan fingerprint density at radius 3 is 2.32 bits per heavy atom. The Morgan fingerprint density at radius 2 is 1.65 bits per heavy atom. The minimum Gasteiger partial charge on any atom is -0.354 e. The molecule has 3 amide bonds. The Balaban J connectivity index is 1.38. The predicted molar refractivity (Wildman–Crippen MR) is 117 cm³/mol. The molecule has 1 aliphatic heterocycles. The molecule has 1 aliphatic rings. The van der Waals surface area contributed by atoms with Gasteiger partial charge in [0.25, 0.3) is 11.8 Å². The van der Waals surface area contributed by atoms with Crippen LogP contribution in [0.5, 0.6) is 0 Å². The largest absolute Gasteiger partial charge is 0.354 e. The summed E-state index contributed by atoms with van der Waals surface area (Å²) in [7, 11) is 4.05. The van der Waals surface area contributed by atoms with E-state index in [2.05, 4.69) is 14.8 Å². The second-order valence-electron chi connectivity index (χ2n) is 7.81. The monoisotopic (exact) mass is 419 g/mol. The first kappa shape index (κ1) is 20.7. The zero-order valence-electron chi connectivity index (χ0n) is 17.7. The standard InChI is InChI=1S/C23H25N5O3/c1-26(2)13-14-27-19-10-6-5-9-18(19)25-20(27)11-12-24-21(29)15-28-22(30)16-7-3-4-8-17(16)23(28)31/h3-10H,11-15H2,1-2H3,(H,24,29). The van der Waals surface area contributed by atoms with Crippen LogP contribution in [0.3, 0.4) is 0 Å². The van der Waals surface area contributed by atoms with Crippen LogP contribution in [-0.4, -0.2) is 70.8 Å². The van der Waals surface area contributed by atoms with Crippen molar-refractivity contribution in [2.75, 3.05) is 33.7 Å². The zero-order chi connectivity index (χ0) is 22.0. The van der Waals surface area contributed by atoms with Crippen molar-refractivity contribution in [3.05, 3.63) is 65.5 Å². The van der Waals surface area contributed by atoms with Gasteiger partial charge in [0.05, 0.1) is 22.2 Å². The number of hydrogen-bond acceptors (Lipinski definition) is 5. The molecule has 8 heteroatoms. The van der Waals surface area contributed by atoms with Crippen LogP contribution < -0.4 is 5.32 Å². The number of nitrogens with one attached hydrogen (secondary N) is 1. The van der Waals surface area contributed by atoms with Crippen molar-refractivity contribution in [1.82, 2.24) is 24.7 Å². The number of imidazole rings is 1. The number of carbonyl (C=O) groups is 3. The number of rotatable bonds is 8. The minimum atomic E-state index is -0.429. The summed E-state index contributed by atoms with van der Waals surface area (Å²) in [4.78, 5) is 45.1. The minimum absolute atomic E-state index is 0.288. The summed E-state index contributed by atoms with van der Waals surface area (Å²) in [6.07, 6.45) is 0.552. The van der Waals surface area contributed by atoms with Crippen molar-refractivity contribution in [2.45, 2.75) is 13.0 Å². The summed E-state index contributed by atoms with van der Waals surface area (Å²) in [6, 6.07) is 14.6. The van der Waals surface area contributed by atoms with Gasteiger partial charge in [-0.05, 0) is 38.4 Å². The zero-order valence-corrected chi connectivity index (χ0v) is 17.7. The number of para-hydroxylation sites is 2. The van der Waals surface area contributed by atoms with Crippen LogP contribution in [0.15, 0.2) is 48.5 Å². The van der Waals surface area contributed by atoms with Gasteiger partial charge in [-0.1, -0.05) is 24.3 Å². The average molecular weight is 419 g/mol. The normalized spacial score (nSPS) is 13.3. The fraction of sp³-hybridized carbons (Fsp3) is 0.304. The van der Waals surface area contributed by atoms with Gasteiger partial charge in [-0.3, -0.25) is 19.3 Å². The van der Waals surface area contributed by atoms with Crippen molar-refractivity contribution < 1.29 is 14.4 Å². The Labute approximate surface area is 180 Å². The van der Waals surface area contributed by atoms with Crippen LogP contribution in [-0.2, 0) is 17.8 Å². The maximum absolute atomic E-state index is 12.4. The van der Waals surface area contributed by atoms with Crippen LogP contribution in [0.4, 0.5) is 0 Å². The van der Waals surface area contributed by atoms with Crippen molar-refractivity contribution in [3.8, 4) is 0 Å². The maximum Gasteiger partial charge on any atom is 0.262 e. The Bertz CT molecular complexity index is 1120. The first-order valence-electron chi connectivity index (χ1n) is 10.3. The number of amides is 3. The number of fused-ring (bicyclic) bond motifs is 2. The Hall–Kier alpha value is -3.52. The van der Waals surface area contributed by atoms with Gasteiger partial charge in [0.15, 0.2) is 0 Å². The molecule has 2 heterocycles. The summed E-state index contributed by atoms with van der Waals surface area (Å²) in [6.45, 7) is 1.75. The number of benzene rings is 2. The van der Waals surface area contributed by atoms with Crippen LogP contribution in [0.1, 0.15) is 26.5 Å². The molecule has 0 unspecified atom stereocenters. The fourth-order valence-corrected chi connectivity index (χ4v) is 3.76. The van der Waals surface area contributed by atoms with E-state index in [1.165, 1.54) is 0 Å². The lowest BCUT2D eigenvalue weighted by atomic mass is 10.1. The molecule has 160 valence electrons.